The van der Waals surface area contributed by atoms with Gasteiger partial charge >= 0.3 is 11.9 Å². The third-order valence-electron chi connectivity index (χ3n) is 5.70. The highest BCUT2D eigenvalue weighted by molar-refractivity contribution is 7.95. The van der Waals surface area contributed by atoms with Gasteiger partial charge in [-0.15, -0.1) is 0 Å². The monoisotopic (exact) mass is 464 g/mol. The molecule has 33 heavy (non-hydrogen) atoms. The Morgan fingerprint density at radius 2 is 1.24 bits per heavy atom. The fourth-order valence-electron chi connectivity index (χ4n) is 4.01. The van der Waals surface area contributed by atoms with Gasteiger partial charge in [0.2, 0.25) is 0 Å². The van der Waals surface area contributed by atoms with Crippen LogP contribution in [-0.4, -0.2) is 35.9 Å². The number of rotatable bonds is 12. The first kappa shape index (κ1) is 24.6. The number of unbranched alkanes of at least 4 members (excludes halogenated alkanes) is 1. The van der Waals surface area contributed by atoms with Crippen molar-refractivity contribution < 1.29 is 19.4 Å². The minimum Gasteiger partial charge on any atom is -0.481 e. The zero-order valence-electron chi connectivity index (χ0n) is 18.7. The summed E-state index contributed by atoms with van der Waals surface area (Å²) in [6.45, 7) is 0.276. The van der Waals surface area contributed by atoms with E-state index >= 15 is 0 Å². The largest absolute Gasteiger partial charge is 0.481 e. The first-order valence-corrected chi connectivity index (χ1v) is 13.2. The van der Waals surface area contributed by atoms with Gasteiger partial charge in [0.25, 0.3) is 0 Å². The number of carbonyl (C=O) groups is 2. The molecular weight excluding hydrogens is 433 g/mol. The van der Waals surface area contributed by atoms with Crippen molar-refractivity contribution >= 4 is 35.1 Å². The van der Waals surface area contributed by atoms with E-state index in [-0.39, 0.29) is 19.4 Å². The number of aliphatic carboxylic acids is 1. The molecule has 0 aliphatic carbocycles. The molecule has 0 fully saturated rings. The van der Waals surface area contributed by atoms with Gasteiger partial charge < -0.3 is 15.6 Å². The number of carbonyl (C=O) groups excluding carboxylic acids is 1. The summed E-state index contributed by atoms with van der Waals surface area (Å²) in [6, 6.07) is 31.1. The SMILES string of the molecule is NC(CCC(=O)O)C(=O)OCCCC[P+](c1ccccc1)(c1ccccc1)c1ccccc1. The van der Waals surface area contributed by atoms with Crippen molar-refractivity contribution in [2.24, 2.45) is 5.73 Å². The molecule has 5 nitrogen and oxygen atoms in total. The number of hydrogen-bond donors (Lipinski definition) is 2. The third-order valence-corrected chi connectivity index (χ3v) is 10.2. The maximum absolute atomic E-state index is 12.0. The van der Waals surface area contributed by atoms with E-state index in [0.717, 1.165) is 12.6 Å². The molecule has 3 N–H and O–H groups in total. The molecule has 1 atom stereocenters. The minimum absolute atomic E-state index is 0.0822. The summed E-state index contributed by atoms with van der Waals surface area (Å²) < 4.78 is 5.32. The summed E-state index contributed by atoms with van der Waals surface area (Å²) in [5, 5.41) is 12.7. The van der Waals surface area contributed by atoms with Crippen LogP contribution in [0.3, 0.4) is 0 Å². The maximum Gasteiger partial charge on any atom is 0.322 e. The lowest BCUT2D eigenvalue weighted by Crippen LogP contribution is -2.34. The Balaban J connectivity index is 1.75. The Bertz CT molecular complexity index is 915. The summed E-state index contributed by atoms with van der Waals surface area (Å²) in [4.78, 5) is 22.7. The molecule has 0 spiro atoms. The van der Waals surface area contributed by atoms with Crippen LogP contribution in [0.5, 0.6) is 0 Å². The van der Waals surface area contributed by atoms with E-state index in [1.54, 1.807) is 0 Å². The van der Waals surface area contributed by atoms with Gasteiger partial charge in [-0.1, -0.05) is 54.6 Å². The lowest BCUT2D eigenvalue weighted by atomic mass is 10.2. The van der Waals surface area contributed by atoms with Crippen LogP contribution in [-0.2, 0) is 14.3 Å². The molecule has 6 heteroatoms. The van der Waals surface area contributed by atoms with Gasteiger partial charge in [0, 0.05) is 6.42 Å². The van der Waals surface area contributed by atoms with Crippen LogP contribution in [0.4, 0.5) is 0 Å². The first-order valence-electron chi connectivity index (χ1n) is 11.2. The molecule has 3 aromatic rings. The number of esters is 1. The highest BCUT2D eigenvalue weighted by Gasteiger charge is 2.44. The summed E-state index contributed by atoms with van der Waals surface area (Å²) in [7, 11) is -1.89. The summed E-state index contributed by atoms with van der Waals surface area (Å²) in [6.07, 6.45) is 2.48. The Hall–Kier alpha value is -3.01. The summed E-state index contributed by atoms with van der Waals surface area (Å²) >= 11 is 0. The molecule has 0 amide bonds. The lowest BCUT2D eigenvalue weighted by Gasteiger charge is -2.27. The third kappa shape index (κ3) is 6.50. The number of nitrogens with two attached hydrogens (primary N) is 1. The Morgan fingerprint density at radius 1 is 0.788 bits per heavy atom. The summed E-state index contributed by atoms with van der Waals surface area (Å²) in [5.41, 5.74) is 5.75. The van der Waals surface area contributed by atoms with Crippen molar-refractivity contribution in [3.63, 3.8) is 0 Å². The van der Waals surface area contributed by atoms with Gasteiger partial charge in [-0.05, 0) is 55.7 Å². The van der Waals surface area contributed by atoms with Gasteiger partial charge in [-0.3, -0.25) is 9.59 Å². The maximum atomic E-state index is 12.0. The van der Waals surface area contributed by atoms with Crippen molar-refractivity contribution in [2.45, 2.75) is 31.7 Å². The van der Waals surface area contributed by atoms with E-state index in [9.17, 15) is 9.59 Å². The molecule has 0 bridgehead atoms. The van der Waals surface area contributed by atoms with Crippen LogP contribution in [0.15, 0.2) is 91.0 Å². The van der Waals surface area contributed by atoms with Gasteiger partial charge in [0.15, 0.2) is 0 Å². The molecule has 0 saturated heterocycles. The second-order valence-electron chi connectivity index (χ2n) is 7.95. The molecule has 0 aromatic heterocycles. The molecule has 0 aliphatic heterocycles. The predicted octanol–water partition coefficient (Wildman–Crippen LogP) is 3.50. The van der Waals surface area contributed by atoms with Gasteiger partial charge in [0.1, 0.15) is 29.2 Å². The molecule has 1 unspecified atom stereocenters. The van der Waals surface area contributed by atoms with Gasteiger partial charge in [-0.25, -0.2) is 0 Å². The predicted molar refractivity (Wildman–Crippen MR) is 135 cm³/mol. The molecule has 3 rings (SSSR count). The topological polar surface area (TPSA) is 89.6 Å². The average molecular weight is 465 g/mol. The van der Waals surface area contributed by atoms with Crippen LogP contribution < -0.4 is 21.6 Å². The van der Waals surface area contributed by atoms with E-state index in [1.807, 2.05) is 18.2 Å². The molecule has 0 saturated carbocycles. The highest BCUT2D eigenvalue weighted by atomic mass is 31.2. The van der Waals surface area contributed by atoms with Crippen LogP contribution in [0.1, 0.15) is 25.7 Å². The van der Waals surface area contributed by atoms with Crippen LogP contribution in [0.25, 0.3) is 0 Å². The number of benzene rings is 3. The number of ether oxygens (including phenoxy) is 1. The van der Waals surface area contributed by atoms with E-state index in [2.05, 4.69) is 72.8 Å². The van der Waals surface area contributed by atoms with Crippen molar-refractivity contribution in [3.8, 4) is 0 Å². The van der Waals surface area contributed by atoms with E-state index in [0.29, 0.717) is 6.42 Å². The molecule has 3 aromatic carbocycles. The second kappa shape index (κ2) is 12.3. The van der Waals surface area contributed by atoms with Gasteiger partial charge in [0.05, 0.1) is 12.8 Å². The van der Waals surface area contributed by atoms with Gasteiger partial charge in [-0.2, -0.15) is 0 Å². The molecular formula is C27H31NO4P+. The van der Waals surface area contributed by atoms with E-state index in [1.165, 1.54) is 15.9 Å². The second-order valence-corrected chi connectivity index (χ2v) is 11.6. The van der Waals surface area contributed by atoms with E-state index in [4.69, 9.17) is 15.6 Å². The van der Waals surface area contributed by atoms with Crippen molar-refractivity contribution in [1.29, 1.82) is 0 Å². The zero-order valence-corrected chi connectivity index (χ0v) is 19.6. The normalized spacial score (nSPS) is 12.2. The van der Waals surface area contributed by atoms with Crippen LogP contribution >= 0.6 is 7.26 Å². The number of carboxylic acids is 1. The summed E-state index contributed by atoms with van der Waals surface area (Å²) in [5.74, 6) is -1.51. The van der Waals surface area contributed by atoms with Crippen molar-refractivity contribution in [2.75, 3.05) is 12.8 Å². The molecule has 172 valence electrons. The average Bonchev–Trinajstić information content (AvgIpc) is 2.86. The Kier molecular flexibility index (Phi) is 9.17. The first-order chi connectivity index (χ1) is 16.0. The fraction of sp³-hybridized carbons (Fsp3) is 0.259. The fourth-order valence-corrected chi connectivity index (χ4v) is 8.42. The van der Waals surface area contributed by atoms with Crippen molar-refractivity contribution in [1.82, 2.24) is 0 Å². The number of carboxylic acid groups (broad SMARTS) is 1. The molecule has 0 heterocycles. The lowest BCUT2D eigenvalue weighted by molar-refractivity contribution is -0.145. The Labute approximate surface area is 195 Å². The minimum atomic E-state index is -1.89. The highest BCUT2D eigenvalue weighted by Crippen LogP contribution is 2.55. The Morgan fingerprint density at radius 3 is 1.67 bits per heavy atom. The van der Waals surface area contributed by atoms with Crippen LogP contribution in [0, 0.1) is 0 Å². The molecule has 0 radical (unpaired) electrons. The smallest absolute Gasteiger partial charge is 0.322 e. The number of hydrogen-bond acceptors (Lipinski definition) is 4. The molecule has 0 aliphatic rings. The van der Waals surface area contributed by atoms with E-state index < -0.39 is 25.2 Å². The zero-order chi connectivity index (χ0) is 23.5. The van der Waals surface area contributed by atoms with Crippen molar-refractivity contribution in [3.05, 3.63) is 91.0 Å². The van der Waals surface area contributed by atoms with Crippen LogP contribution in [0.2, 0.25) is 0 Å². The standard InChI is InChI=1S/C27H30NO4P/c28-25(18-19-26(29)30)27(31)32-20-10-11-21-33(22-12-4-1-5-13-22,23-14-6-2-7-15-23)24-16-8-3-9-17-24/h1-9,12-17,25H,10-11,18-21,28H2/p+1. The quantitative estimate of drug-likeness (QED) is 0.243.